The Hall–Kier alpha value is -3.20. The SMILES string of the molecule is CCc1cc2c(N3CCN(C(=O)N[C@@H](Cc4ccccc4)C(=O)O)CC3)ncnc2s1. The van der Waals surface area contributed by atoms with Crippen molar-refractivity contribution in [1.29, 1.82) is 0 Å². The van der Waals surface area contributed by atoms with Crippen LogP contribution in [0, 0.1) is 0 Å². The van der Waals surface area contributed by atoms with Crippen molar-refractivity contribution in [2.75, 3.05) is 31.1 Å². The van der Waals surface area contributed by atoms with E-state index in [1.54, 1.807) is 22.6 Å². The van der Waals surface area contributed by atoms with E-state index in [9.17, 15) is 14.7 Å². The number of hydrogen-bond acceptors (Lipinski definition) is 6. The molecule has 0 radical (unpaired) electrons. The fraction of sp³-hybridized carbons (Fsp3) is 0.364. The number of anilines is 1. The first kappa shape index (κ1) is 21.0. The van der Waals surface area contributed by atoms with Crippen molar-refractivity contribution < 1.29 is 14.7 Å². The molecule has 0 unspecified atom stereocenters. The minimum Gasteiger partial charge on any atom is -0.480 e. The maximum atomic E-state index is 12.7. The highest BCUT2D eigenvalue weighted by atomic mass is 32.1. The van der Waals surface area contributed by atoms with Crippen molar-refractivity contribution in [1.82, 2.24) is 20.2 Å². The number of aromatic nitrogens is 2. The van der Waals surface area contributed by atoms with Gasteiger partial charge < -0.3 is 20.2 Å². The zero-order chi connectivity index (χ0) is 21.8. The number of fused-ring (bicyclic) bond motifs is 1. The first-order valence-electron chi connectivity index (χ1n) is 10.4. The number of carbonyl (C=O) groups excluding carboxylic acids is 1. The molecule has 0 saturated carbocycles. The van der Waals surface area contributed by atoms with E-state index in [2.05, 4.69) is 33.2 Å². The van der Waals surface area contributed by atoms with E-state index in [1.165, 1.54) is 4.88 Å². The molecule has 2 amide bonds. The maximum absolute atomic E-state index is 12.7. The molecule has 31 heavy (non-hydrogen) atoms. The highest BCUT2D eigenvalue weighted by molar-refractivity contribution is 7.18. The molecule has 2 aromatic heterocycles. The van der Waals surface area contributed by atoms with Gasteiger partial charge >= 0.3 is 12.0 Å². The maximum Gasteiger partial charge on any atom is 0.326 e. The van der Waals surface area contributed by atoms with Crippen LogP contribution in [0.5, 0.6) is 0 Å². The number of rotatable bonds is 6. The molecular formula is C22H25N5O3S. The molecule has 1 aliphatic heterocycles. The molecule has 1 aliphatic rings. The monoisotopic (exact) mass is 439 g/mol. The third-order valence-electron chi connectivity index (χ3n) is 5.45. The van der Waals surface area contributed by atoms with E-state index < -0.39 is 12.0 Å². The van der Waals surface area contributed by atoms with Gasteiger partial charge in [0.15, 0.2) is 0 Å². The van der Waals surface area contributed by atoms with Gasteiger partial charge in [0.05, 0.1) is 5.39 Å². The molecule has 0 bridgehead atoms. The van der Waals surface area contributed by atoms with Crippen LogP contribution < -0.4 is 10.2 Å². The first-order chi connectivity index (χ1) is 15.0. The van der Waals surface area contributed by atoms with Crippen molar-refractivity contribution in [3.8, 4) is 0 Å². The van der Waals surface area contributed by atoms with Crippen molar-refractivity contribution in [2.24, 2.45) is 0 Å². The fourth-order valence-corrected chi connectivity index (χ4v) is 4.66. The topological polar surface area (TPSA) is 98.7 Å². The molecule has 162 valence electrons. The van der Waals surface area contributed by atoms with Crippen LogP contribution in [0.1, 0.15) is 17.4 Å². The number of aryl methyl sites for hydroxylation is 1. The van der Waals surface area contributed by atoms with Gasteiger partial charge in [-0.15, -0.1) is 11.3 Å². The van der Waals surface area contributed by atoms with Gasteiger partial charge in [-0.25, -0.2) is 19.6 Å². The molecule has 3 heterocycles. The second kappa shape index (κ2) is 9.30. The van der Waals surface area contributed by atoms with Crippen LogP contribution in [0.2, 0.25) is 0 Å². The highest BCUT2D eigenvalue weighted by Crippen LogP contribution is 2.30. The van der Waals surface area contributed by atoms with Gasteiger partial charge in [0.25, 0.3) is 0 Å². The van der Waals surface area contributed by atoms with Gasteiger partial charge in [-0.3, -0.25) is 0 Å². The number of nitrogens with zero attached hydrogens (tertiary/aromatic N) is 4. The summed E-state index contributed by atoms with van der Waals surface area (Å²) < 4.78 is 0. The number of piperazine rings is 1. The zero-order valence-electron chi connectivity index (χ0n) is 17.3. The van der Waals surface area contributed by atoms with Crippen molar-refractivity contribution >= 4 is 39.4 Å². The average Bonchev–Trinajstić information content (AvgIpc) is 3.23. The normalized spacial score (nSPS) is 15.1. The van der Waals surface area contributed by atoms with Crippen LogP contribution >= 0.6 is 11.3 Å². The second-order valence-corrected chi connectivity index (χ2v) is 8.60. The molecule has 1 saturated heterocycles. The van der Waals surface area contributed by atoms with Crippen molar-refractivity contribution in [2.45, 2.75) is 25.8 Å². The van der Waals surface area contributed by atoms with E-state index in [4.69, 9.17) is 0 Å². The number of thiophene rings is 1. The standard InChI is InChI=1S/C22H25N5O3S/c1-2-16-13-17-19(23-14-24-20(17)31-16)26-8-10-27(11-9-26)22(30)25-18(21(28)29)12-15-6-4-3-5-7-15/h3-7,13-14,18H,2,8-12H2,1H3,(H,25,30)(H,28,29)/t18-/m0/s1. The summed E-state index contributed by atoms with van der Waals surface area (Å²) in [5.41, 5.74) is 0.870. The van der Waals surface area contributed by atoms with E-state index in [-0.39, 0.29) is 12.5 Å². The van der Waals surface area contributed by atoms with Gasteiger partial charge in [-0.1, -0.05) is 37.3 Å². The summed E-state index contributed by atoms with van der Waals surface area (Å²) in [6.07, 6.45) is 2.80. The quantitative estimate of drug-likeness (QED) is 0.613. The number of hydrogen-bond donors (Lipinski definition) is 2. The Morgan fingerprint density at radius 3 is 2.58 bits per heavy atom. The summed E-state index contributed by atoms with van der Waals surface area (Å²) in [5.74, 6) is -0.142. The molecule has 1 fully saturated rings. The van der Waals surface area contributed by atoms with Gasteiger partial charge in [0, 0.05) is 37.5 Å². The predicted molar refractivity (Wildman–Crippen MR) is 121 cm³/mol. The number of carbonyl (C=O) groups is 2. The third-order valence-corrected chi connectivity index (χ3v) is 6.64. The number of carboxylic acid groups (broad SMARTS) is 1. The fourth-order valence-electron chi connectivity index (χ4n) is 3.73. The minimum absolute atomic E-state index is 0.249. The lowest BCUT2D eigenvalue weighted by atomic mass is 10.1. The molecule has 0 spiro atoms. The molecule has 0 aliphatic carbocycles. The second-order valence-electron chi connectivity index (χ2n) is 7.49. The summed E-state index contributed by atoms with van der Waals surface area (Å²) in [7, 11) is 0. The third kappa shape index (κ3) is 4.77. The minimum atomic E-state index is -1.04. The molecule has 1 aromatic carbocycles. The predicted octanol–water partition coefficient (Wildman–Crippen LogP) is 2.78. The molecule has 3 aromatic rings. The van der Waals surface area contributed by atoms with E-state index >= 15 is 0 Å². The average molecular weight is 440 g/mol. The Labute approximate surface area is 184 Å². The molecule has 4 rings (SSSR count). The van der Waals surface area contributed by atoms with Gasteiger partial charge in [0.2, 0.25) is 0 Å². The van der Waals surface area contributed by atoms with E-state index in [1.807, 2.05) is 30.3 Å². The summed E-state index contributed by atoms with van der Waals surface area (Å²) >= 11 is 1.68. The molecule has 9 heteroatoms. The van der Waals surface area contributed by atoms with Crippen LogP contribution in [-0.4, -0.2) is 64.2 Å². The number of nitrogens with one attached hydrogen (secondary N) is 1. The Morgan fingerprint density at radius 2 is 1.90 bits per heavy atom. The number of carboxylic acids is 1. The van der Waals surface area contributed by atoms with Crippen LogP contribution in [0.4, 0.5) is 10.6 Å². The Balaban J connectivity index is 1.38. The first-order valence-corrected chi connectivity index (χ1v) is 11.2. The molecule has 2 N–H and O–H groups in total. The summed E-state index contributed by atoms with van der Waals surface area (Å²) in [6.45, 7) is 4.39. The highest BCUT2D eigenvalue weighted by Gasteiger charge is 2.27. The zero-order valence-corrected chi connectivity index (χ0v) is 18.1. The van der Waals surface area contributed by atoms with Gasteiger partial charge in [0.1, 0.15) is 23.0 Å². The van der Waals surface area contributed by atoms with Crippen LogP contribution in [0.25, 0.3) is 10.2 Å². The lowest BCUT2D eigenvalue weighted by molar-refractivity contribution is -0.139. The summed E-state index contributed by atoms with van der Waals surface area (Å²) in [6, 6.07) is 10.1. The molecular weight excluding hydrogens is 414 g/mol. The Kier molecular flexibility index (Phi) is 6.31. The number of urea groups is 1. The lowest BCUT2D eigenvalue weighted by Gasteiger charge is -2.36. The van der Waals surface area contributed by atoms with Crippen LogP contribution in [-0.2, 0) is 17.6 Å². The summed E-state index contributed by atoms with van der Waals surface area (Å²) in [5, 5.41) is 13.3. The number of benzene rings is 1. The number of amides is 2. The van der Waals surface area contributed by atoms with E-state index in [0.29, 0.717) is 26.2 Å². The van der Waals surface area contributed by atoms with Gasteiger partial charge in [-0.05, 0) is 18.1 Å². The van der Waals surface area contributed by atoms with Gasteiger partial charge in [-0.2, -0.15) is 0 Å². The number of aliphatic carboxylic acids is 1. The summed E-state index contributed by atoms with van der Waals surface area (Å²) in [4.78, 5) is 39.3. The van der Waals surface area contributed by atoms with Crippen molar-refractivity contribution in [3.05, 3.63) is 53.2 Å². The van der Waals surface area contributed by atoms with Crippen LogP contribution in [0.3, 0.4) is 0 Å². The largest absolute Gasteiger partial charge is 0.480 e. The molecule has 8 nitrogen and oxygen atoms in total. The Bertz CT molecular complexity index is 1060. The lowest BCUT2D eigenvalue weighted by Crippen LogP contribution is -2.55. The Morgan fingerprint density at radius 1 is 1.16 bits per heavy atom. The van der Waals surface area contributed by atoms with Crippen molar-refractivity contribution in [3.63, 3.8) is 0 Å². The van der Waals surface area contributed by atoms with Crippen LogP contribution in [0.15, 0.2) is 42.7 Å². The van der Waals surface area contributed by atoms with E-state index in [0.717, 1.165) is 28.0 Å². The molecule has 1 atom stereocenters. The smallest absolute Gasteiger partial charge is 0.326 e.